The molecule has 105 heavy (non-hydrogen) atoms. The van der Waals surface area contributed by atoms with E-state index in [9.17, 15) is 10.2 Å². The number of nitrogens with zero attached hydrogens (tertiary/aromatic N) is 10. The van der Waals surface area contributed by atoms with Crippen LogP contribution in [0.15, 0.2) is 251 Å². The van der Waals surface area contributed by atoms with Gasteiger partial charge in [0.25, 0.3) is 0 Å². The Morgan fingerprint density at radius 3 is 0.762 bits per heavy atom. The molecule has 0 atom stereocenters. The average Bonchev–Trinajstić information content (AvgIpc) is 1.17. The summed E-state index contributed by atoms with van der Waals surface area (Å²) in [6, 6.07) is 67.7. The number of para-hydroxylation sites is 2. The first-order valence-electron chi connectivity index (χ1n) is 35.2. The Bertz CT molecular complexity index is 4230. The molecule has 6 aromatic heterocycles. The Balaban J connectivity index is 0.000000319. The van der Waals surface area contributed by atoms with E-state index in [1.165, 1.54) is 50.7 Å². The Hall–Kier alpha value is -8.82. The predicted octanol–water partition coefficient (Wildman–Crippen LogP) is 17.7. The quantitative estimate of drug-likeness (QED) is 0.149. The molecule has 4 aliphatic rings. The fourth-order valence-electron chi connectivity index (χ4n) is 12.7. The molecule has 0 saturated carbocycles. The second-order valence-corrected chi connectivity index (χ2v) is 24.8. The first kappa shape index (κ1) is 83.5. The summed E-state index contributed by atoms with van der Waals surface area (Å²) in [6.45, 7) is 14.9. The van der Waals surface area contributed by atoms with Gasteiger partial charge >= 0.3 is 62.2 Å². The second-order valence-electron chi connectivity index (χ2n) is 24.8. The molecular weight excluding hydrogens is 1760 g/mol. The SMILES string of the molecule is C1CCOC1.C1CCOC1.C1CCOC1.CCC1(CC)c2ccc([n-]2)C=Nc2cccc3cc4cccc(c4cc23)N=Cc2ccc([n-]2)C(CC)(CC)c2ccc([n-]2)C=Nc2cccc3cc4cccc(c4cc23)N=Cc2ccc1[n-]2.[O-]c1ccccc1[O-].[OH-].[OH-].[U+4].[U+4].c1ccncc1.c1ccncc1. The molecule has 12 bridgehead atoms. The molecule has 10 heterocycles. The molecule has 13 aromatic rings. The van der Waals surface area contributed by atoms with E-state index < -0.39 is 11.5 Å². The van der Waals surface area contributed by atoms with Crippen LogP contribution in [-0.4, -0.2) is 85.4 Å². The Labute approximate surface area is 663 Å². The Morgan fingerprint density at radius 2 is 0.571 bits per heavy atom. The van der Waals surface area contributed by atoms with Gasteiger partial charge in [0, 0.05) is 111 Å². The summed E-state index contributed by atoms with van der Waals surface area (Å²) in [5, 5.41) is 29.2. The minimum atomic E-state index is -0.437. The molecule has 19 heteroatoms. The molecule has 0 spiro atoms. The van der Waals surface area contributed by atoms with E-state index in [1.807, 2.05) is 61.3 Å². The summed E-state index contributed by atoms with van der Waals surface area (Å²) in [6.07, 6.45) is 25.6. The van der Waals surface area contributed by atoms with Crippen molar-refractivity contribution in [2.45, 2.75) is 103 Å². The number of pyridine rings is 2. The van der Waals surface area contributed by atoms with Crippen LogP contribution in [0.3, 0.4) is 0 Å². The van der Waals surface area contributed by atoms with Gasteiger partial charge in [0.2, 0.25) is 0 Å². The minimum Gasteiger partial charge on any atom is -0.873 e. The zero-order valence-corrected chi connectivity index (χ0v) is 68.3. The van der Waals surface area contributed by atoms with Crippen LogP contribution in [0, 0.1) is 62.2 Å². The van der Waals surface area contributed by atoms with Gasteiger partial charge in [-0.1, -0.05) is 161 Å². The number of hydrogen-bond donors (Lipinski definition) is 0. The van der Waals surface area contributed by atoms with Crippen LogP contribution in [0.2, 0.25) is 0 Å². The first-order chi connectivity index (χ1) is 49.7. The van der Waals surface area contributed by atoms with Crippen LogP contribution in [0.5, 0.6) is 11.5 Å². The number of fused-ring (bicyclic) bond motifs is 8. The molecule has 7 aromatic carbocycles. The van der Waals surface area contributed by atoms with Gasteiger partial charge in [-0.15, -0.1) is 34.3 Å². The fraction of sp³-hybridized carbons (Fsp3) is 0.256. The standard InChI is InChI=1S/C58H48N8.C6H6O2.2C5H5N.3C4H8O.2H2O.2U/c1-5-57(6-2)53-25-21-41(63-53)33-59-49-17-9-13-37-29-39-15-11-19-51(47(39)31-45(37)49)61-35-43-23-27-55(65-43)58(7-3,8-4)56-28-24-44(66-56)36-62-52-20-12-16-40-30-38-14-10-18-50(46(38)32-48(40)52)60-34-42-22-26-54(57)64-42;7-5-3-1-2-4-6(5)8;2*1-2-4-6-5-3-1;3*1-2-4-5-3-1;;;;/h9-36H,5-8H2,1-4H3;1-4,7-8H;2*1-5H;3*1-4H2;2*1H2;;/q-4;;;;;;;;;2*+4/p-4. The van der Waals surface area contributed by atoms with Crippen molar-refractivity contribution in [3.05, 3.63) is 277 Å². The summed E-state index contributed by atoms with van der Waals surface area (Å²) < 4.78 is 14.8. The molecule has 532 valence electrons. The van der Waals surface area contributed by atoms with E-state index >= 15 is 0 Å². The van der Waals surface area contributed by atoms with Crippen molar-refractivity contribution in [1.82, 2.24) is 29.9 Å². The van der Waals surface area contributed by atoms with Gasteiger partial charge in [0.1, 0.15) is 0 Å². The molecule has 2 N–H and O–H groups in total. The van der Waals surface area contributed by atoms with Crippen LogP contribution < -0.4 is 30.1 Å². The van der Waals surface area contributed by atoms with Gasteiger partial charge in [-0.05, 0) is 169 Å². The summed E-state index contributed by atoms with van der Waals surface area (Å²) >= 11 is 0. The number of aliphatic imine (C=N–C) groups is 4. The number of ether oxygens (including phenoxy) is 3. The second kappa shape index (κ2) is 43.0. The van der Waals surface area contributed by atoms with Crippen molar-refractivity contribution in [1.29, 1.82) is 0 Å². The van der Waals surface area contributed by atoms with E-state index in [-0.39, 0.29) is 84.0 Å². The van der Waals surface area contributed by atoms with Crippen LogP contribution in [0.1, 0.15) is 137 Å². The number of hydrogen-bond acceptors (Lipinski definition) is 13. The molecule has 4 aliphatic heterocycles. The number of aromatic nitrogens is 6. The molecule has 0 aliphatic carbocycles. The van der Waals surface area contributed by atoms with Gasteiger partial charge in [0.15, 0.2) is 0 Å². The normalized spacial score (nSPS) is 14.2. The molecule has 3 saturated heterocycles. The number of rotatable bonds is 4. The van der Waals surface area contributed by atoms with E-state index in [2.05, 4.69) is 183 Å². The maximum Gasteiger partial charge on any atom is 4.00 e. The van der Waals surface area contributed by atoms with Gasteiger partial charge in [0.05, 0.1) is 22.7 Å². The number of benzene rings is 7. The maximum absolute atomic E-state index is 10.3. The molecule has 0 amide bonds. The molecule has 17 nitrogen and oxygen atoms in total. The smallest absolute Gasteiger partial charge is 0.873 e. The molecule has 0 radical (unpaired) electrons. The van der Waals surface area contributed by atoms with Crippen molar-refractivity contribution in [2.75, 3.05) is 39.6 Å². The van der Waals surface area contributed by atoms with Crippen LogP contribution in [0.4, 0.5) is 22.7 Å². The van der Waals surface area contributed by atoms with Crippen molar-refractivity contribution in [3.63, 3.8) is 0 Å². The predicted molar refractivity (Wildman–Crippen MR) is 412 cm³/mol. The van der Waals surface area contributed by atoms with E-state index in [0.717, 1.165) is 177 Å². The van der Waals surface area contributed by atoms with Crippen LogP contribution in [-0.2, 0) is 25.0 Å². The third kappa shape index (κ3) is 22.1. The summed E-state index contributed by atoms with van der Waals surface area (Å²) in [5.74, 6) is -0.875. The van der Waals surface area contributed by atoms with Crippen LogP contribution in [0.25, 0.3) is 43.1 Å². The van der Waals surface area contributed by atoms with Gasteiger partial charge in [-0.3, -0.25) is 29.9 Å². The maximum atomic E-state index is 10.3. The van der Waals surface area contributed by atoms with Gasteiger partial charge in [-0.2, -0.15) is 22.8 Å². The topological polar surface area (TPSA) is 265 Å². The fourth-order valence-corrected chi connectivity index (χ4v) is 12.7. The minimum absolute atomic E-state index is 0. The summed E-state index contributed by atoms with van der Waals surface area (Å²) in [5.41, 5.74) is 9.94. The third-order valence-corrected chi connectivity index (χ3v) is 18.5. The molecule has 17 rings (SSSR count). The molecule has 3 fully saturated rings. The van der Waals surface area contributed by atoms with E-state index in [4.69, 9.17) is 54.1 Å². The largest absolute Gasteiger partial charge is 4.00 e. The monoisotopic (exact) mass is 1850 g/mol. The molecule has 0 unspecified atom stereocenters. The Morgan fingerprint density at radius 1 is 0.314 bits per heavy atom. The van der Waals surface area contributed by atoms with Gasteiger partial charge in [-0.25, -0.2) is 0 Å². The van der Waals surface area contributed by atoms with Crippen molar-refractivity contribution in [3.8, 4) is 11.5 Å². The zero-order chi connectivity index (χ0) is 69.9. The zero-order valence-electron chi connectivity index (χ0n) is 60.0. The summed E-state index contributed by atoms with van der Waals surface area (Å²) in [7, 11) is 0. The summed E-state index contributed by atoms with van der Waals surface area (Å²) in [4.78, 5) is 48.4. The Kier molecular flexibility index (Phi) is 34.2. The van der Waals surface area contributed by atoms with Crippen LogP contribution >= 0.6 is 0 Å². The first-order valence-corrected chi connectivity index (χ1v) is 35.2. The van der Waals surface area contributed by atoms with Crippen molar-refractivity contribution < 1.29 is 97.6 Å². The van der Waals surface area contributed by atoms with Crippen molar-refractivity contribution in [2.24, 2.45) is 20.0 Å². The molecular formula is C86H88N10O7U2. The van der Waals surface area contributed by atoms with Gasteiger partial charge < -0.3 is 55.3 Å². The van der Waals surface area contributed by atoms with E-state index in [0.29, 0.717) is 0 Å². The van der Waals surface area contributed by atoms with E-state index in [1.54, 1.807) is 36.9 Å². The average molecular weight is 1850 g/mol. The third-order valence-electron chi connectivity index (χ3n) is 18.5. The van der Waals surface area contributed by atoms with Crippen molar-refractivity contribution >= 4 is 90.7 Å².